The normalized spacial score (nSPS) is 25.6. The number of nitrogens with one attached hydrogen (secondary N) is 1. The number of carbonyl (C=O) groups is 2. The minimum atomic E-state index is -3.01. The van der Waals surface area contributed by atoms with E-state index in [2.05, 4.69) is 38.0 Å². The van der Waals surface area contributed by atoms with Crippen molar-refractivity contribution >= 4 is 36.7 Å². The second-order valence-electron chi connectivity index (χ2n) is 14.9. The summed E-state index contributed by atoms with van der Waals surface area (Å²) in [5, 5.41) is 13.7. The second-order valence-corrected chi connectivity index (χ2v) is 18.9. The number of ether oxygens (including phenoxy) is 1. The van der Waals surface area contributed by atoms with Crippen LogP contribution in [0.4, 0.5) is 5.69 Å². The molecule has 3 N–H and O–H groups in total. The van der Waals surface area contributed by atoms with Gasteiger partial charge in [-0.05, 0) is 89.9 Å². The maximum absolute atomic E-state index is 14.9. The highest BCUT2D eigenvalue weighted by Crippen LogP contribution is 2.60. The number of rotatable bonds is 10. The molecule has 1 spiro atoms. The van der Waals surface area contributed by atoms with Gasteiger partial charge in [0.1, 0.15) is 0 Å². The van der Waals surface area contributed by atoms with E-state index in [0.29, 0.717) is 40.9 Å². The number of carbonyl (C=O) groups excluding carboxylic acids is 2. The molecule has 10 nitrogen and oxygen atoms in total. The molecule has 6 rings (SSSR count). The number of aliphatic hydroxyl groups is 1. The van der Waals surface area contributed by atoms with Crippen LogP contribution in [-0.4, -0.2) is 76.6 Å². The van der Waals surface area contributed by atoms with Crippen LogP contribution in [0.25, 0.3) is 16.6 Å². The van der Waals surface area contributed by atoms with E-state index in [1.807, 2.05) is 56.4 Å². The van der Waals surface area contributed by atoms with Gasteiger partial charge in [-0.2, -0.15) is 0 Å². The second kappa shape index (κ2) is 13.5. The van der Waals surface area contributed by atoms with E-state index >= 15 is 0 Å². The van der Waals surface area contributed by atoms with Gasteiger partial charge in [0.2, 0.25) is 5.91 Å². The number of benzene rings is 2. The molecule has 11 heteroatoms. The maximum Gasteiger partial charge on any atom is 0.279 e. The molecule has 2 saturated heterocycles. The Hall–Kier alpha value is -3.77. The SMILES string of the molecule is CC(C)=CCC/C(C)=C/CN1C(=O)[C@]2(O[C@H](CC(=O)N3CCC[C@H]3CO)[C@@H]([Si](C)(C)O)[C@@H]2C)c2cc(-n3[nH]c4ccccc4c3=O)ccc21. The molecule has 0 aliphatic carbocycles. The Labute approximate surface area is 289 Å². The lowest BCUT2D eigenvalue weighted by atomic mass is 9.82. The Morgan fingerprint density at radius 3 is 2.57 bits per heavy atom. The fourth-order valence-electron chi connectivity index (χ4n) is 8.41. The van der Waals surface area contributed by atoms with Crippen LogP contribution in [0.15, 0.2) is 70.6 Å². The Morgan fingerprint density at radius 1 is 1.12 bits per heavy atom. The quantitative estimate of drug-likeness (QED) is 0.190. The summed E-state index contributed by atoms with van der Waals surface area (Å²) in [5.74, 6) is -0.820. The molecule has 5 atom stereocenters. The zero-order valence-corrected chi connectivity index (χ0v) is 30.5. The number of H-pyrrole nitrogens is 1. The number of nitrogens with zero attached hydrogens (tertiary/aromatic N) is 3. The third kappa shape index (κ3) is 6.26. The molecule has 1 aromatic heterocycles. The maximum atomic E-state index is 14.9. The zero-order valence-electron chi connectivity index (χ0n) is 29.5. The molecule has 0 unspecified atom stereocenters. The van der Waals surface area contributed by atoms with Crippen molar-refractivity contribution in [1.82, 2.24) is 14.7 Å². The molecule has 2 aromatic carbocycles. The van der Waals surface area contributed by atoms with Crippen molar-refractivity contribution in [3.63, 3.8) is 0 Å². The van der Waals surface area contributed by atoms with Gasteiger partial charge in [0.05, 0.1) is 47.5 Å². The summed E-state index contributed by atoms with van der Waals surface area (Å²) in [7, 11) is -3.01. The minimum absolute atomic E-state index is 0.0113. The number of hydrogen-bond donors (Lipinski definition) is 3. The summed E-state index contributed by atoms with van der Waals surface area (Å²) >= 11 is 0. The summed E-state index contributed by atoms with van der Waals surface area (Å²) < 4.78 is 8.45. The molecule has 3 aliphatic heterocycles. The number of aromatic nitrogens is 2. The molecule has 3 aliphatic rings. The number of allylic oxidation sites excluding steroid dienone is 3. The van der Waals surface area contributed by atoms with Crippen molar-refractivity contribution in [2.24, 2.45) is 5.92 Å². The number of para-hydroxylation sites is 1. The van der Waals surface area contributed by atoms with E-state index < -0.39 is 31.5 Å². The Bertz CT molecular complexity index is 1870. The topological polar surface area (TPSA) is 128 Å². The molecule has 0 bridgehead atoms. The van der Waals surface area contributed by atoms with E-state index in [1.54, 1.807) is 15.9 Å². The highest BCUT2D eigenvalue weighted by Gasteiger charge is 2.66. The van der Waals surface area contributed by atoms with E-state index in [9.17, 15) is 24.3 Å². The summed E-state index contributed by atoms with van der Waals surface area (Å²) in [6.45, 7) is 12.7. The first-order valence-corrected chi connectivity index (χ1v) is 20.6. The van der Waals surface area contributed by atoms with Gasteiger partial charge >= 0.3 is 0 Å². The van der Waals surface area contributed by atoms with E-state index in [4.69, 9.17) is 4.74 Å². The lowest BCUT2D eigenvalue weighted by Gasteiger charge is -2.32. The highest BCUT2D eigenvalue weighted by atomic mass is 28.4. The van der Waals surface area contributed by atoms with Crippen LogP contribution in [0, 0.1) is 5.92 Å². The van der Waals surface area contributed by atoms with Crippen molar-refractivity contribution in [2.45, 2.75) is 96.2 Å². The van der Waals surface area contributed by atoms with Gasteiger partial charge in [-0.3, -0.25) is 19.5 Å². The molecule has 0 radical (unpaired) electrons. The van der Waals surface area contributed by atoms with Gasteiger partial charge < -0.3 is 24.4 Å². The smallest absolute Gasteiger partial charge is 0.279 e. The number of anilines is 1. The van der Waals surface area contributed by atoms with Crippen molar-refractivity contribution < 1.29 is 24.2 Å². The molecule has 2 amide bonds. The summed E-state index contributed by atoms with van der Waals surface area (Å²) in [6, 6.07) is 12.7. The van der Waals surface area contributed by atoms with Crippen molar-refractivity contribution in [2.75, 3.05) is 24.6 Å². The zero-order chi connectivity index (χ0) is 35.2. The largest absolute Gasteiger partial charge is 0.432 e. The van der Waals surface area contributed by atoms with Gasteiger partial charge in [0.25, 0.3) is 11.5 Å². The predicted octanol–water partition coefficient (Wildman–Crippen LogP) is 5.53. The number of aromatic amines is 1. The highest BCUT2D eigenvalue weighted by molar-refractivity contribution is 6.71. The van der Waals surface area contributed by atoms with Gasteiger partial charge in [-0.1, -0.05) is 42.4 Å². The average Bonchev–Trinajstić information content (AvgIpc) is 3.79. The fourth-order valence-corrected chi connectivity index (χ4v) is 11.0. The predicted molar refractivity (Wildman–Crippen MR) is 194 cm³/mol. The number of aliphatic hydroxyl groups excluding tert-OH is 1. The number of hydrogen-bond acceptors (Lipinski definition) is 6. The van der Waals surface area contributed by atoms with Gasteiger partial charge in [0, 0.05) is 30.1 Å². The molecule has 3 aromatic rings. The minimum Gasteiger partial charge on any atom is -0.432 e. The summed E-state index contributed by atoms with van der Waals surface area (Å²) in [5.41, 5.74) is 2.95. The fraction of sp³-hybridized carbons (Fsp3) is 0.500. The first-order chi connectivity index (χ1) is 23.3. The van der Waals surface area contributed by atoms with Crippen molar-refractivity contribution in [3.05, 3.63) is 81.7 Å². The molecule has 0 saturated carbocycles. The van der Waals surface area contributed by atoms with Crippen LogP contribution < -0.4 is 10.5 Å². The van der Waals surface area contributed by atoms with Gasteiger partial charge in [-0.25, -0.2) is 4.68 Å². The first kappa shape index (κ1) is 35.1. The standard InChI is InChI=1S/C38H50N4O6Si/c1-24(2)11-9-12-25(3)18-20-41-32-17-16-27(42-36(45)29-14-7-8-15-31(29)39-42)21-30(32)38(37(41)46)26(4)35(49(5,6)47)33(48-38)22-34(44)40-19-10-13-28(40)23-43/h7-8,11,14-18,21,26,28,33,35,39,43,47H,9-10,12-13,19-20,22-23H2,1-6H3/b25-18+/t26-,28-,33+,35-,38+/m0/s1. The summed E-state index contributed by atoms with van der Waals surface area (Å²) in [4.78, 5) is 57.4. The lowest BCUT2D eigenvalue weighted by molar-refractivity contribution is -0.149. The third-order valence-electron chi connectivity index (χ3n) is 10.8. The Balaban J connectivity index is 1.43. The van der Waals surface area contributed by atoms with E-state index in [-0.39, 0.29) is 36.4 Å². The molecular formula is C38H50N4O6Si. The van der Waals surface area contributed by atoms with Crippen LogP contribution in [0.2, 0.25) is 18.6 Å². The van der Waals surface area contributed by atoms with E-state index in [0.717, 1.165) is 25.7 Å². The molecule has 2 fully saturated rings. The van der Waals surface area contributed by atoms with Gasteiger partial charge in [0.15, 0.2) is 13.9 Å². The average molecular weight is 687 g/mol. The van der Waals surface area contributed by atoms with Crippen molar-refractivity contribution in [3.8, 4) is 5.69 Å². The monoisotopic (exact) mass is 686 g/mol. The van der Waals surface area contributed by atoms with Crippen molar-refractivity contribution in [1.29, 1.82) is 0 Å². The number of amides is 2. The van der Waals surface area contributed by atoms with Crippen LogP contribution in [0.3, 0.4) is 0 Å². The molecule has 4 heterocycles. The molecular weight excluding hydrogens is 637 g/mol. The molecule has 49 heavy (non-hydrogen) atoms. The molecule has 262 valence electrons. The van der Waals surface area contributed by atoms with Crippen LogP contribution >= 0.6 is 0 Å². The van der Waals surface area contributed by atoms with Crippen LogP contribution in [0.5, 0.6) is 0 Å². The Kier molecular flexibility index (Phi) is 9.66. The lowest BCUT2D eigenvalue weighted by Crippen LogP contribution is -2.46. The third-order valence-corrected chi connectivity index (χ3v) is 13.3. The van der Waals surface area contributed by atoms with Crippen LogP contribution in [0.1, 0.15) is 65.4 Å². The Morgan fingerprint density at radius 2 is 1.88 bits per heavy atom. The first-order valence-electron chi connectivity index (χ1n) is 17.5. The number of likely N-dealkylation sites (tertiary alicyclic amines) is 1. The number of fused-ring (bicyclic) bond motifs is 3. The van der Waals surface area contributed by atoms with Gasteiger partial charge in [-0.15, -0.1) is 0 Å². The summed E-state index contributed by atoms with van der Waals surface area (Å²) in [6.07, 6.45) is 6.97. The van der Waals surface area contributed by atoms with Crippen LogP contribution in [-0.2, 0) is 19.9 Å². The van der Waals surface area contributed by atoms with E-state index in [1.165, 1.54) is 15.8 Å².